The molecule has 5 rings (SSSR count). The minimum Gasteiger partial charge on any atom is -0.398 e. The summed E-state index contributed by atoms with van der Waals surface area (Å²) in [5, 5.41) is 2.46. The van der Waals surface area contributed by atoms with E-state index in [1.54, 1.807) is 0 Å². The van der Waals surface area contributed by atoms with Gasteiger partial charge >= 0.3 is 0 Å². The Bertz CT molecular complexity index is 1010. The molecule has 2 atom stereocenters. The fourth-order valence-corrected chi connectivity index (χ4v) is 4.29. The van der Waals surface area contributed by atoms with E-state index < -0.39 is 0 Å². The van der Waals surface area contributed by atoms with Gasteiger partial charge in [-0.05, 0) is 45.9 Å². The number of hydrogen-bond acceptors (Lipinski definition) is 1. The van der Waals surface area contributed by atoms with E-state index in [1.807, 2.05) is 6.07 Å². The van der Waals surface area contributed by atoms with Gasteiger partial charge in [0.15, 0.2) is 0 Å². The summed E-state index contributed by atoms with van der Waals surface area (Å²) in [4.78, 5) is 0. The van der Waals surface area contributed by atoms with Crippen molar-refractivity contribution in [1.29, 1.82) is 0 Å². The minimum atomic E-state index is 0.515. The first kappa shape index (κ1) is 13.6. The van der Waals surface area contributed by atoms with Gasteiger partial charge < -0.3 is 5.73 Å². The lowest BCUT2D eigenvalue weighted by atomic mass is 9.87. The van der Waals surface area contributed by atoms with Crippen molar-refractivity contribution in [3.63, 3.8) is 0 Å². The molecule has 0 saturated carbocycles. The highest BCUT2D eigenvalue weighted by Crippen LogP contribution is 2.44. The largest absolute Gasteiger partial charge is 0.398 e. The van der Waals surface area contributed by atoms with Crippen molar-refractivity contribution in [2.45, 2.75) is 12.3 Å². The molecule has 2 aliphatic rings. The Balaban J connectivity index is 1.72. The van der Waals surface area contributed by atoms with Crippen LogP contribution in [0, 0.1) is 5.92 Å². The van der Waals surface area contributed by atoms with Gasteiger partial charge in [-0.3, -0.25) is 0 Å². The Morgan fingerprint density at radius 1 is 0.875 bits per heavy atom. The van der Waals surface area contributed by atoms with Crippen LogP contribution in [0.4, 0.5) is 5.69 Å². The molecule has 0 radical (unpaired) electrons. The molecule has 24 heavy (non-hydrogen) atoms. The molecule has 0 saturated heterocycles. The van der Waals surface area contributed by atoms with E-state index in [0.717, 1.165) is 17.7 Å². The van der Waals surface area contributed by atoms with Crippen LogP contribution >= 0.6 is 0 Å². The van der Waals surface area contributed by atoms with Gasteiger partial charge in [-0.1, -0.05) is 72.8 Å². The monoisotopic (exact) mass is 309 g/mol. The van der Waals surface area contributed by atoms with E-state index in [4.69, 9.17) is 5.73 Å². The first-order valence-corrected chi connectivity index (χ1v) is 8.57. The maximum absolute atomic E-state index is 6.37. The molecule has 0 aliphatic heterocycles. The molecule has 0 bridgehead atoms. The molecule has 0 spiro atoms. The second-order valence-corrected chi connectivity index (χ2v) is 6.83. The molecule has 116 valence electrons. The second-order valence-electron chi connectivity index (χ2n) is 6.83. The van der Waals surface area contributed by atoms with Gasteiger partial charge in [0.2, 0.25) is 0 Å². The van der Waals surface area contributed by atoms with Crippen LogP contribution in [-0.4, -0.2) is 0 Å². The lowest BCUT2D eigenvalue weighted by Gasteiger charge is -2.17. The van der Waals surface area contributed by atoms with E-state index in [0.29, 0.717) is 11.8 Å². The number of fused-ring (bicyclic) bond motifs is 4. The Morgan fingerprint density at radius 2 is 1.75 bits per heavy atom. The van der Waals surface area contributed by atoms with Crippen molar-refractivity contribution in [1.82, 2.24) is 0 Å². The van der Waals surface area contributed by atoms with Crippen molar-refractivity contribution >= 4 is 16.5 Å². The van der Waals surface area contributed by atoms with Gasteiger partial charge in [0.1, 0.15) is 0 Å². The Labute approximate surface area is 142 Å². The lowest BCUT2D eigenvalue weighted by molar-refractivity contribution is 0.630. The highest BCUT2D eigenvalue weighted by molar-refractivity contribution is 6.02. The number of rotatable bonds is 1. The van der Waals surface area contributed by atoms with Crippen LogP contribution in [0.15, 0.2) is 78.9 Å². The average Bonchev–Trinajstić information content (AvgIpc) is 2.99. The molecule has 2 N–H and O–H groups in total. The van der Waals surface area contributed by atoms with E-state index in [1.165, 1.54) is 27.5 Å². The molecule has 1 nitrogen and oxygen atoms in total. The molecule has 3 aromatic rings. The minimum absolute atomic E-state index is 0.515. The fraction of sp³-hybridized carbons (Fsp3) is 0.130. The van der Waals surface area contributed by atoms with E-state index >= 15 is 0 Å². The van der Waals surface area contributed by atoms with Crippen LogP contribution in [0.5, 0.6) is 0 Å². The zero-order valence-electron chi connectivity index (χ0n) is 13.4. The number of nitrogen functional groups attached to an aromatic ring is 1. The first-order chi connectivity index (χ1) is 11.8. The predicted octanol–water partition coefficient (Wildman–Crippen LogP) is 5.47. The molecule has 3 aromatic carbocycles. The summed E-state index contributed by atoms with van der Waals surface area (Å²) in [5.41, 5.74) is 12.5. The fourth-order valence-electron chi connectivity index (χ4n) is 4.29. The molecule has 0 aromatic heterocycles. The summed E-state index contributed by atoms with van der Waals surface area (Å²) in [6.07, 6.45) is 10.2. The molecular formula is C23H19N. The maximum atomic E-state index is 6.37. The van der Waals surface area contributed by atoms with Gasteiger partial charge in [-0.25, -0.2) is 0 Å². The zero-order chi connectivity index (χ0) is 16.1. The summed E-state index contributed by atoms with van der Waals surface area (Å²) in [6, 6.07) is 19.5. The standard InChI is InChI=1S/C23H19N/c24-22-12-11-15-5-1-4-8-20(15)23(22)18-10-9-17-13-16-6-2-3-7-19(16)21(17)14-18/h1-12,14,16,19H,13,24H2. The highest BCUT2D eigenvalue weighted by atomic mass is 14.6. The molecule has 0 amide bonds. The first-order valence-electron chi connectivity index (χ1n) is 8.57. The zero-order valence-corrected chi connectivity index (χ0v) is 13.4. The molecule has 0 fully saturated rings. The third-order valence-corrected chi connectivity index (χ3v) is 5.46. The Kier molecular flexibility index (Phi) is 2.90. The Morgan fingerprint density at radius 3 is 2.71 bits per heavy atom. The number of allylic oxidation sites excluding steroid dienone is 4. The number of anilines is 1. The SMILES string of the molecule is Nc1ccc2ccccc2c1-c1ccc2c(c1)C1C=CC=CC1C2. The molecule has 0 heterocycles. The predicted molar refractivity (Wildman–Crippen MR) is 102 cm³/mol. The van der Waals surface area contributed by atoms with Gasteiger partial charge in [-0.2, -0.15) is 0 Å². The van der Waals surface area contributed by atoms with Crippen molar-refractivity contribution in [3.05, 3.63) is 90.0 Å². The van der Waals surface area contributed by atoms with Crippen molar-refractivity contribution in [2.24, 2.45) is 5.92 Å². The topological polar surface area (TPSA) is 26.0 Å². The van der Waals surface area contributed by atoms with Crippen molar-refractivity contribution < 1.29 is 0 Å². The summed E-state index contributed by atoms with van der Waals surface area (Å²) < 4.78 is 0. The van der Waals surface area contributed by atoms with E-state index in [9.17, 15) is 0 Å². The summed E-state index contributed by atoms with van der Waals surface area (Å²) in [5.74, 6) is 1.13. The van der Waals surface area contributed by atoms with Crippen LogP contribution in [0.1, 0.15) is 17.0 Å². The normalized spacial score (nSPS) is 21.0. The van der Waals surface area contributed by atoms with Gasteiger partial charge in [0.05, 0.1) is 0 Å². The third-order valence-electron chi connectivity index (χ3n) is 5.46. The van der Waals surface area contributed by atoms with Crippen LogP contribution in [0.25, 0.3) is 21.9 Å². The van der Waals surface area contributed by atoms with Gasteiger partial charge in [0, 0.05) is 17.2 Å². The van der Waals surface area contributed by atoms with Crippen LogP contribution < -0.4 is 5.73 Å². The maximum Gasteiger partial charge on any atom is 0.0400 e. The molecule has 2 aliphatic carbocycles. The lowest BCUT2D eigenvalue weighted by Crippen LogP contribution is -2.04. The van der Waals surface area contributed by atoms with Crippen molar-refractivity contribution in [3.8, 4) is 11.1 Å². The molecule has 1 heteroatoms. The van der Waals surface area contributed by atoms with Crippen LogP contribution in [0.2, 0.25) is 0 Å². The molecular weight excluding hydrogens is 290 g/mol. The number of hydrogen-bond donors (Lipinski definition) is 1. The number of benzene rings is 3. The number of nitrogens with two attached hydrogens (primary N) is 1. The van der Waals surface area contributed by atoms with Crippen molar-refractivity contribution in [2.75, 3.05) is 5.73 Å². The summed E-state index contributed by atoms with van der Waals surface area (Å²) >= 11 is 0. The average molecular weight is 309 g/mol. The third kappa shape index (κ3) is 1.94. The summed E-state index contributed by atoms with van der Waals surface area (Å²) in [7, 11) is 0. The molecule has 2 unspecified atom stereocenters. The van der Waals surface area contributed by atoms with Crippen LogP contribution in [-0.2, 0) is 6.42 Å². The quantitative estimate of drug-likeness (QED) is 0.593. The summed E-state index contributed by atoms with van der Waals surface area (Å²) in [6.45, 7) is 0. The highest BCUT2D eigenvalue weighted by Gasteiger charge is 2.30. The van der Waals surface area contributed by atoms with Gasteiger partial charge in [0.25, 0.3) is 0 Å². The van der Waals surface area contributed by atoms with Gasteiger partial charge in [-0.15, -0.1) is 0 Å². The van der Waals surface area contributed by atoms with Crippen LogP contribution in [0.3, 0.4) is 0 Å². The second kappa shape index (κ2) is 5.10. The van der Waals surface area contributed by atoms with E-state index in [2.05, 4.69) is 72.8 Å². The smallest absolute Gasteiger partial charge is 0.0400 e. The Hall–Kier alpha value is -2.80. The van der Waals surface area contributed by atoms with E-state index in [-0.39, 0.29) is 0 Å².